The summed E-state index contributed by atoms with van der Waals surface area (Å²) in [5, 5.41) is 2.92. The first-order valence-electron chi connectivity index (χ1n) is 6.29. The number of fused-ring (bicyclic) bond motifs is 1. The molecule has 4 nitrogen and oxygen atoms in total. The molecule has 0 saturated heterocycles. The van der Waals surface area contributed by atoms with Crippen LogP contribution in [0.15, 0.2) is 24.3 Å². The first kappa shape index (κ1) is 12.6. The Hall–Kier alpha value is -1.84. The van der Waals surface area contributed by atoms with E-state index in [4.69, 9.17) is 0 Å². The lowest BCUT2D eigenvalue weighted by Gasteiger charge is -2.10. The number of aryl methyl sites for hydroxylation is 1. The summed E-state index contributed by atoms with van der Waals surface area (Å²) in [6.07, 6.45) is 0. The predicted molar refractivity (Wildman–Crippen MR) is 72.3 cm³/mol. The van der Waals surface area contributed by atoms with E-state index < -0.39 is 0 Å². The van der Waals surface area contributed by atoms with Crippen LogP contribution in [0.4, 0.5) is 0 Å². The van der Waals surface area contributed by atoms with Crippen LogP contribution in [0.25, 0.3) is 11.0 Å². The molecule has 0 aliphatic carbocycles. The summed E-state index contributed by atoms with van der Waals surface area (Å²) in [4.78, 5) is 16.0. The molecule has 1 N–H and O–H groups in total. The third kappa shape index (κ3) is 2.53. The summed E-state index contributed by atoms with van der Waals surface area (Å²) in [5.41, 5.74) is 2.12. The summed E-state index contributed by atoms with van der Waals surface area (Å²) in [7, 11) is 0. The molecule has 0 radical (unpaired) electrons. The van der Waals surface area contributed by atoms with E-state index in [1.54, 1.807) is 0 Å². The number of para-hydroxylation sites is 2. The van der Waals surface area contributed by atoms with Crippen LogP contribution in [0.3, 0.4) is 0 Å². The Bertz CT molecular complexity index is 557. The smallest absolute Gasteiger partial charge is 0.222 e. The molecule has 1 heterocycles. The third-order valence-electron chi connectivity index (χ3n) is 3.00. The van der Waals surface area contributed by atoms with Gasteiger partial charge in [-0.1, -0.05) is 26.0 Å². The molecule has 0 aliphatic rings. The van der Waals surface area contributed by atoms with Crippen molar-refractivity contribution in [1.82, 2.24) is 14.9 Å². The Morgan fingerprint density at radius 1 is 1.39 bits per heavy atom. The van der Waals surface area contributed by atoms with Crippen LogP contribution in [-0.2, 0) is 11.3 Å². The minimum Gasteiger partial charge on any atom is -0.354 e. The minimum atomic E-state index is 0.0330. The van der Waals surface area contributed by atoms with Gasteiger partial charge in [-0.2, -0.15) is 0 Å². The first-order chi connectivity index (χ1) is 8.59. The van der Waals surface area contributed by atoms with Gasteiger partial charge in [-0.3, -0.25) is 4.79 Å². The molecular formula is C14H19N3O. The maximum atomic E-state index is 11.5. The second-order valence-corrected chi connectivity index (χ2v) is 4.75. The summed E-state index contributed by atoms with van der Waals surface area (Å²) in [6, 6.07) is 8.05. The van der Waals surface area contributed by atoms with E-state index in [9.17, 15) is 4.79 Å². The van der Waals surface area contributed by atoms with Gasteiger partial charge in [0.2, 0.25) is 5.91 Å². The zero-order valence-electron chi connectivity index (χ0n) is 11.1. The number of amides is 1. The molecule has 0 bridgehead atoms. The van der Waals surface area contributed by atoms with Gasteiger partial charge in [0.25, 0.3) is 0 Å². The zero-order valence-corrected chi connectivity index (χ0v) is 11.1. The van der Waals surface area contributed by atoms with Crippen LogP contribution in [0.1, 0.15) is 19.7 Å². The summed E-state index contributed by atoms with van der Waals surface area (Å²) in [5.74, 6) is 1.11. The predicted octanol–water partition coefficient (Wildman–Crippen LogP) is 2.12. The van der Waals surface area contributed by atoms with E-state index in [1.807, 2.05) is 39.0 Å². The van der Waals surface area contributed by atoms with Crippen LogP contribution >= 0.6 is 0 Å². The monoisotopic (exact) mass is 245 g/mol. The van der Waals surface area contributed by atoms with Crippen LogP contribution in [0, 0.1) is 12.8 Å². The van der Waals surface area contributed by atoms with Gasteiger partial charge < -0.3 is 9.88 Å². The van der Waals surface area contributed by atoms with E-state index in [-0.39, 0.29) is 11.8 Å². The minimum absolute atomic E-state index is 0.0330. The van der Waals surface area contributed by atoms with E-state index in [2.05, 4.69) is 20.9 Å². The van der Waals surface area contributed by atoms with Crippen molar-refractivity contribution in [2.75, 3.05) is 6.54 Å². The highest BCUT2D eigenvalue weighted by Crippen LogP contribution is 2.14. The number of aromatic nitrogens is 2. The van der Waals surface area contributed by atoms with Gasteiger partial charge in [0.1, 0.15) is 5.82 Å². The maximum absolute atomic E-state index is 11.5. The average Bonchev–Trinajstić information content (AvgIpc) is 2.65. The molecule has 0 aliphatic heterocycles. The zero-order chi connectivity index (χ0) is 13.1. The van der Waals surface area contributed by atoms with Gasteiger partial charge in [-0.25, -0.2) is 4.98 Å². The topological polar surface area (TPSA) is 46.9 Å². The first-order valence-corrected chi connectivity index (χ1v) is 6.29. The lowest BCUT2D eigenvalue weighted by molar-refractivity contribution is -0.124. The molecule has 4 heteroatoms. The van der Waals surface area contributed by atoms with E-state index in [1.165, 1.54) is 0 Å². The summed E-state index contributed by atoms with van der Waals surface area (Å²) in [6.45, 7) is 7.17. The molecule has 2 rings (SSSR count). The van der Waals surface area contributed by atoms with Crippen molar-refractivity contribution >= 4 is 16.9 Å². The second kappa shape index (κ2) is 5.21. The number of imidazole rings is 1. The van der Waals surface area contributed by atoms with Gasteiger partial charge in [-0.05, 0) is 19.1 Å². The maximum Gasteiger partial charge on any atom is 0.222 e. The standard InChI is InChI=1S/C14H19N3O/c1-10(2)14(18)15-8-9-17-11(3)16-12-6-4-5-7-13(12)17/h4-7,10H,8-9H2,1-3H3,(H,15,18). The lowest BCUT2D eigenvalue weighted by atomic mass is 10.2. The number of rotatable bonds is 4. The van der Waals surface area contributed by atoms with Gasteiger partial charge in [0.15, 0.2) is 0 Å². The fraction of sp³-hybridized carbons (Fsp3) is 0.429. The van der Waals surface area contributed by atoms with Crippen LogP contribution in [0.2, 0.25) is 0 Å². The molecule has 1 aromatic heterocycles. The highest BCUT2D eigenvalue weighted by molar-refractivity contribution is 5.78. The number of nitrogens with one attached hydrogen (secondary N) is 1. The fourth-order valence-corrected chi connectivity index (χ4v) is 1.97. The number of carbonyl (C=O) groups excluding carboxylic acids is 1. The molecule has 0 spiro atoms. The molecule has 96 valence electrons. The molecular weight excluding hydrogens is 226 g/mol. The van der Waals surface area contributed by atoms with Crippen molar-refractivity contribution in [2.24, 2.45) is 5.92 Å². The van der Waals surface area contributed by atoms with Crippen molar-refractivity contribution in [3.8, 4) is 0 Å². The number of hydrogen-bond acceptors (Lipinski definition) is 2. The van der Waals surface area contributed by atoms with Crippen LogP contribution in [0.5, 0.6) is 0 Å². The molecule has 2 aromatic rings. The summed E-state index contributed by atoms with van der Waals surface area (Å²) >= 11 is 0. The third-order valence-corrected chi connectivity index (χ3v) is 3.00. The Balaban J connectivity index is 2.08. The molecule has 1 amide bonds. The average molecular weight is 245 g/mol. The Kier molecular flexibility index (Phi) is 3.65. The molecule has 18 heavy (non-hydrogen) atoms. The van der Waals surface area contributed by atoms with E-state index in [0.29, 0.717) is 6.54 Å². The Labute approximate surface area is 107 Å². The summed E-state index contributed by atoms with van der Waals surface area (Å²) < 4.78 is 2.13. The number of hydrogen-bond donors (Lipinski definition) is 1. The van der Waals surface area contributed by atoms with Gasteiger partial charge >= 0.3 is 0 Å². The highest BCUT2D eigenvalue weighted by atomic mass is 16.1. The Morgan fingerprint density at radius 2 is 2.11 bits per heavy atom. The molecule has 1 aromatic carbocycles. The molecule has 0 fully saturated rings. The van der Waals surface area contributed by atoms with Crippen molar-refractivity contribution in [2.45, 2.75) is 27.3 Å². The Morgan fingerprint density at radius 3 is 2.83 bits per heavy atom. The van der Waals surface area contributed by atoms with Crippen molar-refractivity contribution < 1.29 is 4.79 Å². The number of benzene rings is 1. The molecule has 0 unspecified atom stereocenters. The largest absolute Gasteiger partial charge is 0.354 e. The quantitative estimate of drug-likeness (QED) is 0.896. The second-order valence-electron chi connectivity index (χ2n) is 4.75. The van der Waals surface area contributed by atoms with Crippen LogP contribution in [-0.4, -0.2) is 22.0 Å². The number of nitrogens with zero attached hydrogens (tertiary/aromatic N) is 2. The van der Waals surface area contributed by atoms with Crippen molar-refractivity contribution in [3.05, 3.63) is 30.1 Å². The van der Waals surface area contributed by atoms with E-state index >= 15 is 0 Å². The molecule has 0 saturated carbocycles. The highest BCUT2D eigenvalue weighted by Gasteiger charge is 2.08. The SMILES string of the molecule is Cc1nc2ccccc2n1CCNC(=O)C(C)C. The fourth-order valence-electron chi connectivity index (χ4n) is 1.97. The lowest BCUT2D eigenvalue weighted by Crippen LogP contribution is -2.30. The van der Waals surface area contributed by atoms with Gasteiger partial charge in [0, 0.05) is 19.0 Å². The van der Waals surface area contributed by atoms with Crippen LogP contribution < -0.4 is 5.32 Å². The molecule has 0 atom stereocenters. The van der Waals surface area contributed by atoms with Crippen molar-refractivity contribution in [3.63, 3.8) is 0 Å². The van der Waals surface area contributed by atoms with Crippen molar-refractivity contribution in [1.29, 1.82) is 0 Å². The van der Waals surface area contributed by atoms with Gasteiger partial charge in [0.05, 0.1) is 11.0 Å². The number of carbonyl (C=O) groups is 1. The normalized spacial score (nSPS) is 11.1. The van der Waals surface area contributed by atoms with Gasteiger partial charge in [-0.15, -0.1) is 0 Å². The van der Waals surface area contributed by atoms with E-state index in [0.717, 1.165) is 23.4 Å².